The first-order valence-corrected chi connectivity index (χ1v) is 6.47. The number of rotatable bonds is 5. The molecule has 2 rings (SSSR count). The van der Waals surface area contributed by atoms with Crippen molar-refractivity contribution in [1.82, 2.24) is 4.98 Å². The Kier molecular flexibility index (Phi) is 3.90. The maximum absolute atomic E-state index is 5.65. The van der Waals surface area contributed by atoms with Gasteiger partial charge in [-0.2, -0.15) is 0 Å². The summed E-state index contributed by atoms with van der Waals surface area (Å²) in [4.78, 5) is 4.44. The SMILES string of the molecule is COc1ccc2ccnc(NC(C)(C)CCN)c2c1. The minimum absolute atomic E-state index is 0.0842. The number of nitrogens with zero attached hydrogens (tertiary/aromatic N) is 1. The van der Waals surface area contributed by atoms with Gasteiger partial charge in [0.1, 0.15) is 11.6 Å². The third kappa shape index (κ3) is 3.15. The van der Waals surface area contributed by atoms with Crippen molar-refractivity contribution in [3.05, 3.63) is 30.5 Å². The van der Waals surface area contributed by atoms with Gasteiger partial charge < -0.3 is 15.8 Å². The van der Waals surface area contributed by atoms with Gasteiger partial charge >= 0.3 is 0 Å². The lowest BCUT2D eigenvalue weighted by molar-refractivity contribution is 0.415. The van der Waals surface area contributed by atoms with E-state index in [-0.39, 0.29) is 5.54 Å². The van der Waals surface area contributed by atoms with Crippen molar-refractivity contribution >= 4 is 16.6 Å². The highest BCUT2D eigenvalue weighted by Crippen LogP contribution is 2.28. The fourth-order valence-corrected chi connectivity index (χ4v) is 2.12. The van der Waals surface area contributed by atoms with Crippen LogP contribution in [0.5, 0.6) is 5.75 Å². The Bertz CT molecular complexity index is 566. The van der Waals surface area contributed by atoms with Gasteiger partial charge in [0.15, 0.2) is 0 Å². The Morgan fingerprint density at radius 1 is 1.32 bits per heavy atom. The second-order valence-electron chi connectivity index (χ2n) is 5.29. The molecule has 0 aliphatic carbocycles. The number of aromatic nitrogens is 1. The highest BCUT2D eigenvalue weighted by atomic mass is 16.5. The molecule has 0 atom stereocenters. The van der Waals surface area contributed by atoms with E-state index in [4.69, 9.17) is 10.5 Å². The predicted octanol–water partition coefficient (Wildman–Crippen LogP) is 2.78. The molecule has 0 amide bonds. The standard InChI is InChI=1S/C15H21N3O/c1-15(2,7-8-16)18-14-13-10-12(19-3)5-4-11(13)6-9-17-14/h4-6,9-10H,7-8,16H2,1-3H3,(H,17,18). The molecule has 0 bridgehead atoms. The molecule has 0 aliphatic heterocycles. The zero-order valence-corrected chi connectivity index (χ0v) is 11.7. The highest BCUT2D eigenvalue weighted by molar-refractivity contribution is 5.93. The van der Waals surface area contributed by atoms with Crippen molar-refractivity contribution in [3.8, 4) is 5.75 Å². The molecule has 1 aromatic heterocycles. The van der Waals surface area contributed by atoms with Crippen molar-refractivity contribution < 1.29 is 4.74 Å². The number of fused-ring (bicyclic) bond motifs is 1. The molecule has 2 aromatic rings. The van der Waals surface area contributed by atoms with Gasteiger partial charge in [-0.05, 0) is 50.4 Å². The number of anilines is 1. The van der Waals surface area contributed by atoms with Gasteiger partial charge in [-0.1, -0.05) is 6.07 Å². The third-order valence-electron chi connectivity index (χ3n) is 3.20. The van der Waals surface area contributed by atoms with Crippen LogP contribution < -0.4 is 15.8 Å². The molecule has 0 saturated carbocycles. The fraction of sp³-hybridized carbons (Fsp3) is 0.400. The number of hydrogen-bond acceptors (Lipinski definition) is 4. The summed E-state index contributed by atoms with van der Waals surface area (Å²) in [5, 5.41) is 5.67. The van der Waals surface area contributed by atoms with Crippen molar-refractivity contribution in [1.29, 1.82) is 0 Å². The van der Waals surface area contributed by atoms with Crippen LogP contribution in [0.1, 0.15) is 20.3 Å². The molecule has 102 valence electrons. The number of pyridine rings is 1. The zero-order chi connectivity index (χ0) is 13.9. The molecule has 1 aromatic carbocycles. The molecule has 0 fully saturated rings. The van der Waals surface area contributed by atoms with Gasteiger partial charge in [0, 0.05) is 17.1 Å². The monoisotopic (exact) mass is 259 g/mol. The van der Waals surface area contributed by atoms with E-state index >= 15 is 0 Å². The van der Waals surface area contributed by atoms with E-state index in [0.717, 1.165) is 28.8 Å². The van der Waals surface area contributed by atoms with E-state index in [0.29, 0.717) is 6.54 Å². The molecule has 0 aliphatic rings. The molecule has 4 nitrogen and oxygen atoms in total. The first kappa shape index (κ1) is 13.6. The Hall–Kier alpha value is -1.81. The summed E-state index contributed by atoms with van der Waals surface area (Å²) in [7, 11) is 1.67. The first-order valence-electron chi connectivity index (χ1n) is 6.47. The van der Waals surface area contributed by atoms with Gasteiger partial charge in [0.2, 0.25) is 0 Å². The van der Waals surface area contributed by atoms with E-state index in [9.17, 15) is 0 Å². The van der Waals surface area contributed by atoms with E-state index in [1.165, 1.54) is 0 Å². The van der Waals surface area contributed by atoms with Gasteiger partial charge in [-0.3, -0.25) is 0 Å². The molecule has 0 radical (unpaired) electrons. The summed E-state index contributed by atoms with van der Waals surface area (Å²) >= 11 is 0. The summed E-state index contributed by atoms with van der Waals surface area (Å²) in [6.45, 7) is 4.90. The third-order valence-corrected chi connectivity index (χ3v) is 3.20. The molecule has 19 heavy (non-hydrogen) atoms. The fourth-order valence-electron chi connectivity index (χ4n) is 2.12. The largest absolute Gasteiger partial charge is 0.497 e. The average Bonchev–Trinajstić information content (AvgIpc) is 2.38. The van der Waals surface area contributed by atoms with Gasteiger partial charge in [-0.25, -0.2) is 4.98 Å². The second-order valence-corrected chi connectivity index (χ2v) is 5.29. The van der Waals surface area contributed by atoms with Crippen molar-refractivity contribution in [2.45, 2.75) is 25.8 Å². The lowest BCUT2D eigenvalue weighted by Gasteiger charge is -2.27. The van der Waals surface area contributed by atoms with Gasteiger partial charge in [0.25, 0.3) is 0 Å². The van der Waals surface area contributed by atoms with E-state index in [1.807, 2.05) is 30.5 Å². The molecular weight excluding hydrogens is 238 g/mol. The van der Waals surface area contributed by atoms with Crippen molar-refractivity contribution in [2.75, 3.05) is 19.0 Å². The molecule has 0 saturated heterocycles. The van der Waals surface area contributed by atoms with Gasteiger partial charge in [0.05, 0.1) is 7.11 Å². The molecule has 0 unspecified atom stereocenters. The van der Waals surface area contributed by atoms with Crippen LogP contribution in [-0.2, 0) is 0 Å². The topological polar surface area (TPSA) is 60.2 Å². The van der Waals surface area contributed by atoms with Crippen molar-refractivity contribution in [3.63, 3.8) is 0 Å². The Morgan fingerprint density at radius 2 is 2.11 bits per heavy atom. The molecular formula is C15H21N3O. The number of nitrogens with one attached hydrogen (secondary N) is 1. The average molecular weight is 259 g/mol. The Labute approximate surface area is 114 Å². The van der Waals surface area contributed by atoms with Crippen LogP contribution >= 0.6 is 0 Å². The van der Waals surface area contributed by atoms with Crippen LogP contribution in [0.2, 0.25) is 0 Å². The number of nitrogens with two attached hydrogens (primary N) is 1. The number of methoxy groups -OCH3 is 1. The maximum atomic E-state index is 5.65. The van der Waals surface area contributed by atoms with Crippen LogP contribution in [0.4, 0.5) is 5.82 Å². The summed E-state index contributed by atoms with van der Waals surface area (Å²) < 4.78 is 5.28. The first-order chi connectivity index (χ1) is 9.05. The Morgan fingerprint density at radius 3 is 2.79 bits per heavy atom. The lowest BCUT2D eigenvalue weighted by Crippen LogP contribution is -2.33. The number of hydrogen-bond donors (Lipinski definition) is 2. The predicted molar refractivity (Wildman–Crippen MR) is 79.7 cm³/mol. The smallest absolute Gasteiger partial charge is 0.134 e. The highest BCUT2D eigenvalue weighted by Gasteiger charge is 2.18. The quantitative estimate of drug-likeness (QED) is 0.866. The lowest BCUT2D eigenvalue weighted by atomic mass is 10.0. The van der Waals surface area contributed by atoms with Crippen molar-refractivity contribution in [2.24, 2.45) is 5.73 Å². The molecule has 4 heteroatoms. The zero-order valence-electron chi connectivity index (χ0n) is 11.7. The van der Waals surface area contributed by atoms with Crippen LogP contribution in [0.25, 0.3) is 10.8 Å². The normalized spacial score (nSPS) is 11.6. The maximum Gasteiger partial charge on any atom is 0.134 e. The number of ether oxygens (including phenoxy) is 1. The molecule has 3 N–H and O–H groups in total. The van der Waals surface area contributed by atoms with Gasteiger partial charge in [-0.15, -0.1) is 0 Å². The summed E-state index contributed by atoms with van der Waals surface area (Å²) in [6, 6.07) is 7.99. The summed E-state index contributed by atoms with van der Waals surface area (Å²) in [5.74, 6) is 1.70. The van der Waals surface area contributed by atoms with Crippen LogP contribution in [-0.4, -0.2) is 24.2 Å². The minimum Gasteiger partial charge on any atom is -0.497 e. The summed E-state index contributed by atoms with van der Waals surface area (Å²) in [5.41, 5.74) is 5.56. The van der Waals surface area contributed by atoms with E-state index < -0.39 is 0 Å². The minimum atomic E-state index is -0.0842. The van der Waals surface area contributed by atoms with Crippen LogP contribution in [0.3, 0.4) is 0 Å². The Balaban J connectivity index is 2.42. The van der Waals surface area contributed by atoms with Crippen LogP contribution in [0.15, 0.2) is 30.5 Å². The second kappa shape index (κ2) is 5.45. The number of benzene rings is 1. The summed E-state index contributed by atoms with van der Waals surface area (Å²) in [6.07, 6.45) is 2.70. The van der Waals surface area contributed by atoms with E-state index in [1.54, 1.807) is 7.11 Å². The van der Waals surface area contributed by atoms with Crippen LogP contribution in [0, 0.1) is 0 Å². The van der Waals surface area contributed by atoms with E-state index in [2.05, 4.69) is 24.1 Å². The molecule has 1 heterocycles. The molecule has 0 spiro atoms.